The maximum absolute atomic E-state index is 13.1. The third kappa shape index (κ3) is 4.89. The first-order valence-electron chi connectivity index (χ1n) is 10.6. The van der Waals surface area contributed by atoms with Crippen LogP contribution < -0.4 is 15.8 Å². The van der Waals surface area contributed by atoms with Gasteiger partial charge in [0, 0.05) is 49.7 Å². The first-order chi connectivity index (χ1) is 15.5. The summed E-state index contributed by atoms with van der Waals surface area (Å²) >= 11 is 1.46. The molecule has 0 saturated carbocycles. The van der Waals surface area contributed by atoms with Crippen LogP contribution in [0.3, 0.4) is 0 Å². The van der Waals surface area contributed by atoms with E-state index in [0.717, 1.165) is 21.6 Å². The number of fused-ring (bicyclic) bond motifs is 1. The average Bonchev–Trinajstić information content (AvgIpc) is 3.24. The Hall–Kier alpha value is -3.45. The summed E-state index contributed by atoms with van der Waals surface area (Å²) in [5.74, 6) is -0.0810. The number of thiophene rings is 1. The largest absolute Gasteiger partial charge is 0.373 e. The predicted molar refractivity (Wildman–Crippen MR) is 131 cm³/mol. The topological polar surface area (TPSA) is 67.2 Å². The number of benzene rings is 2. The van der Waals surface area contributed by atoms with Gasteiger partial charge in [-0.25, -0.2) is 4.98 Å². The lowest BCUT2D eigenvalue weighted by atomic mass is 10.1. The quantitative estimate of drug-likeness (QED) is 0.443. The third-order valence-corrected chi connectivity index (χ3v) is 6.36. The van der Waals surface area contributed by atoms with Gasteiger partial charge in [0.1, 0.15) is 4.83 Å². The fraction of sp³-hybridized carbons (Fsp3) is 0.240. The van der Waals surface area contributed by atoms with Crippen molar-refractivity contribution < 1.29 is 4.79 Å². The fourth-order valence-electron chi connectivity index (χ4n) is 3.56. The van der Waals surface area contributed by atoms with Crippen LogP contribution in [0.2, 0.25) is 0 Å². The molecule has 1 amide bonds. The van der Waals surface area contributed by atoms with Crippen LogP contribution in [0.1, 0.15) is 12.0 Å². The van der Waals surface area contributed by atoms with Gasteiger partial charge in [0.15, 0.2) is 0 Å². The van der Waals surface area contributed by atoms with E-state index in [1.54, 1.807) is 0 Å². The standard InChI is InChI=1S/C25H26N4O2S/c1-18-8-10-19(11-9-18)21-16-32-24-23(21)25(31)29(17-27-24)14-12-22(30)26-13-15-28(2)20-6-4-3-5-7-20/h3-11,16-17H,12-15H2,1-2H3,(H,26,30). The highest BCUT2D eigenvalue weighted by Crippen LogP contribution is 2.30. The van der Waals surface area contributed by atoms with Gasteiger partial charge in [-0.05, 0) is 24.6 Å². The summed E-state index contributed by atoms with van der Waals surface area (Å²) in [6.45, 7) is 3.58. The van der Waals surface area contributed by atoms with Crippen molar-refractivity contribution in [3.63, 3.8) is 0 Å². The molecular weight excluding hydrogens is 420 g/mol. The Morgan fingerprint density at radius 3 is 2.62 bits per heavy atom. The van der Waals surface area contributed by atoms with Crippen molar-refractivity contribution in [2.24, 2.45) is 0 Å². The van der Waals surface area contributed by atoms with Crippen LogP contribution in [0.25, 0.3) is 21.3 Å². The number of anilines is 1. The van der Waals surface area contributed by atoms with E-state index >= 15 is 0 Å². The van der Waals surface area contributed by atoms with Gasteiger partial charge >= 0.3 is 0 Å². The van der Waals surface area contributed by atoms with Crippen molar-refractivity contribution in [3.8, 4) is 11.1 Å². The number of rotatable bonds is 8. The Morgan fingerprint density at radius 1 is 1.12 bits per heavy atom. The van der Waals surface area contributed by atoms with Crippen molar-refractivity contribution in [2.75, 3.05) is 25.0 Å². The Balaban J connectivity index is 1.38. The molecule has 0 aliphatic carbocycles. The van der Waals surface area contributed by atoms with Crippen LogP contribution in [-0.2, 0) is 11.3 Å². The summed E-state index contributed by atoms with van der Waals surface area (Å²) in [7, 11) is 1.99. The summed E-state index contributed by atoms with van der Waals surface area (Å²) in [6.07, 6.45) is 1.77. The minimum atomic E-state index is -0.108. The van der Waals surface area contributed by atoms with Crippen LogP contribution in [0.4, 0.5) is 5.69 Å². The smallest absolute Gasteiger partial charge is 0.262 e. The molecule has 0 spiro atoms. The van der Waals surface area contributed by atoms with Crippen molar-refractivity contribution in [1.82, 2.24) is 14.9 Å². The number of aryl methyl sites for hydroxylation is 2. The molecular formula is C25H26N4O2S. The van der Waals surface area contributed by atoms with E-state index in [1.807, 2.05) is 73.9 Å². The van der Waals surface area contributed by atoms with Gasteiger partial charge in [-0.1, -0.05) is 48.0 Å². The van der Waals surface area contributed by atoms with Gasteiger partial charge in [0.05, 0.1) is 11.7 Å². The molecule has 0 unspecified atom stereocenters. The van der Waals surface area contributed by atoms with Crippen LogP contribution in [0, 0.1) is 6.92 Å². The molecule has 0 bridgehead atoms. The molecule has 164 valence electrons. The molecule has 0 aliphatic rings. The normalized spacial score (nSPS) is 10.9. The Bertz CT molecular complexity index is 1260. The second kappa shape index (κ2) is 9.78. The van der Waals surface area contributed by atoms with Crippen molar-refractivity contribution >= 4 is 33.1 Å². The van der Waals surface area contributed by atoms with E-state index in [1.165, 1.54) is 27.8 Å². The third-order valence-electron chi connectivity index (χ3n) is 5.47. The van der Waals surface area contributed by atoms with Crippen molar-refractivity contribution in [2.45, 2.75) is 19.9 Å². The highest BCUT2D eigenvalue weighted by Gasteiger charge is 2.14. The molecule has 0 radical (unpaired) electrons. The van der Waals surface area contributed by atoms with E-state index < -0.39 is 0 Å². The predicted octanol–water partition coefficient (Wildman–Crippen LogP) is 4.08. The molecule has 0 saturated heterocycles. The van der Waals surface area contributed by atoms with Crippen LogP contribution in [-0.4, -0.2) is 35.6 Å². The molecule has 2 aromatic carbocycles. The zero-order valence-corrected chi connectivity index (χ0v) is 19.1. The molecule has 4 rings (SSSR count). The number of carbonyl (C=O) groups is 1. The molecule has 0 aliphatic heterocycles. The van der Waals surface area contributed by atoms with Gasteiger partial charge in [-0.15, -0.1) is 11.3 Å². The zero-order chi connectivity index (χ0) is 22.5. The van der Waals surface area contributed by atoms with Crippen molar-refractivity contribution in [3.05, 3.63) is 82.2 Å². The summed E-state index contributed by atoms with van der Waals surface area (Å²) in [4.78, 5) is 32.7. The number of nitrogens with zero attached hydrogens (tertiary/aromatic N) is 3. The molecule has 4 aromatic rings. The van der Waals surface area contributed by atoms with Crippen LogP contribution in [0.15, 0.2) is 71.1 Å². The van der Waals surface area contributed by atoms with Gasteiger partial charge < -0.3 is 10.2 Å². The first kappa shape index (κ1) is 21.8. The Labute approximate surface area is 191 Å². The number of amides is 1. The summed E-state index contributed by atoms with van der Waals surface area (Å²) in [6, 6.07) is 18.1. The number of likely N-dealkylation sites (N-methyl/N-ethyl adjacent to an activating group) is 1. The highest BCUT2D eigenvalue weighted by atomic mass is 32.1. The van der Waals surface area contributed by atoms with E-state index in [-0.39, 0.29) is 17.9 Å². The van der Waals surface area contributed by atoms with E-state index in [4.69, 9.17) is 0 Å². The van der Waals surface area contributed by atoms with Crippen LogP contribution >= 0.6 is 11.3 Å². The van der Waals surface area contributed by atoms with E-state index in [9.17, 15) is 9.59 Å². The summed E-state index contributed by atoms with van der Waals surface area (Å²) in [5.41, 5.74) is 4.06. The lowest BCUT2D eigenvalue weighted by Gasteiger charge is -2.19. The highest BCUT2D eigenvalue weighted by molar-refractivity contribution is 7.17. The molecule has 7 heteroatoms. The van der Waals surface area contributed by atoms with E-state index in [0.29, 0.717) is 25.0 Å². The SMILES string of the molecule is Cc1ccc(-c2csc3ncn(CCC(=O)NCCN(C)c4ccccc4)c(=O)c23)cc1. The van der Waals surface area contributed by atoms with Crippen LogP contribution in [0.5, 0.6) is 0 Å². The molecule has 1 N–H and O–H groups in total. The number of carbonyl (C=O) groups excluding carboxylic acids is 1. The average molecular weight is 447 g/mol. The molecule has 2 heterocycles. The Kier molecular flexibility index (Phi) is 6.66. The summed E-state index contributed by atoms with van der Waals surface area (Å²) in [5, 5.41) is 5.53. The number of para-hydroxylation sites is 1. The first-order valence-corrected chi connectivity index (χ1v) is 11.5. The Morgan fingerprint density at radius 2 is 1.88 bits per heavy atom. The molecule has 2 aromatic heterocycles. The minimum absolute atomic E-state index is 0.0810. The lowest BCUT2D eigenvalue weighted by molar-refractivity contribution is -0.121. The van der Waals surface area contributed by atoms with Gasteiger partial charge in [-0.2, -0.15) is 0 Å². The number of aromatic nitrogens is 2. The maximum atomic E-state index is 13.1. The second-order valence-corrected chi connectivity index (χ2v) is 8.65. The van der Waals surface area contributed by atoms with Crippen molar-refractivity contribution in [1.29, 1.82) is 0 Å². The second-order valence-electron chi connectivity index (χ2n) is 7.80. The monoisotopic (exact) mass is 446 g/mol. The number of hydrogen-bond acceptors (Lipinski definition) is 5. The zero-order valence-electron chi connectivity index (χ0n) is 18.2. The number of hydrogen-bond donors (Lipinski definition) is 1. The summed E-state index contributed by atoms with van der Waals surface area (Å²) < 4.78 is 1.53. The van der Waals surface area contributed by atoms with Gasteiger partial charge in [0.25, 0.3) is 5.56 Å². The fourth-order valence-corrected chi connectivity index (χ4v) is 4.46. The van der Waals surface area contributed by atoms with Gasteiger partial charge in [-0.3, -0.25) is 14.2 Å². The van der Waals surface area contributed by atoms with Gasteiger partial charge in [0.2, 0.25) is 5.91 Å². The molecule has 32 heavy (non-hydrogen) atoms. The molecule has 0 atom stereocenters. The maximum Gasteiger partial charge on any atom is 0.262 e. The van der Waals surface area contributed by atoms with E-state index in [2.05, 4.69) is 15.2 Å². The molecule has 6 nitrogen and oxygen atoms in total. The minimum Gasteiger partial charge on any atom is -0.373 e. The number of nitrogens with one attached hydrogen (secondary N) is 1. The molecule has 0 fully saturated rings. The lowest BCUT2D eigenvalue weighted by Crippen LogP contribution is -2.34.